The quantitative estimate of drug-likeness (QED) is 0.295. The van der Waals surface area contributed by atoms with Crippen molar-refractivity contribution in [2.45, 2.75) is 12.1 Å². The van der Waals surface area contributed by atoms with Crippen LogP contribution in [0, 0.1) is 0 Å². The Morgan fingerprint density at radius 1 is 0.474 bits per heavy atom. The zero-order valence-electron chi connectivity index (χ0n) is 20.9. The molecule has 0 aromatic heterocycles. The fourth-order valence-electron chi connectivity index (χ4n) is 5.10. The average molecular weight is 514 g/mol. The first-order valence-electron chi connectivity index (χ1n) is 12.7. The van der Waals surface area contributed by atoms with Gasteiger partial charge in [0.1, 0.15) is 17.2 Å². The molecule has 1 unspecified atom stereocenters. The highest BCUT2D eigenvalue weighted by Crippen LogP contribution is 2.35. The summed E-state index contributed by atoms with van der Waals surface area (Å²) in [5.74, 6) is 0. The number of hydrogen-bond donors (Lipinski definition) is 0. The van der Waals surface area contributed by atoms with Crippen LogP contribution >= 0.6 is 0 Å². The van der Waals surface area contributed by atoms with E-state index in [0.29, 0.717) is 6.67 Å². The van der Waals surface area contributed by atoms with Crippen molar-refractivity contribution in [1.82, 2.24) is 9.91 Å². The summed E-state index contributed by atoms with van der Waals surface area (Å²) in [4.78, 5) is 2.21. The van der Waals surface area contributed by atoms with Gasteiger partial charge in [0, 0.05) is 0 Å². The highest BCUT2D eigenvalue weighted by atomic mass is 35.5. The lowest BCUT2D eigenvalue weighted by Crippen LogP contribution is -3.00. The van der Waals surface area contributed by atoms with Crippen LogP contribution in [0.2, 0.25) is 0 Å². The fraction of sp³-hybridized carbons (Fsp3) is 0.0882. The standard InChI is InChI=1S/C34H28N3.ClH/c1-5-13-27(14-6-1)28-21-23-32(24-22-28)34(31-19-11-4-12-20-31)37-26-36(25-35-37)33(29-15-7-2-8-16-29)30-17-9-3-10-18-30;/h1-24,33-34H,26H2;1H/q+1;/p-1. The largest absolute Gasteiger partial charge is 1.00 e. The van der Waals surface area contributed by atoms with Gasteiger partial charge >= 0.3 is 6.34 Å². The molecule has 1 aliphatic rings. The third-order valence-corrected chi connectivity index (χ3v) is 6.89. The second-order valence-corrected chi connectivity index (χ2v) is 9.28. The Morgan fingerprint density at radius 3 is 1.37 bits per heavy atom. The predicted molar refractivity (Wildman–Crippen MR) is 151 cm³/mol. The first-order valence-corrected chi connectivity index (χ1v) is 12.7. The van der Waals surface area contributed by atoms with Gasteiger partial charge in [-0.15, -0.1) is 4.90 Å². The van der Waals surface area contributed by atoms with Crippen LogP contribution in [0.1, 0.15) is 34.3 Å². The van der Waals surface area contributed by atoms with Gasteiger partial charge < -0.3 is 12.4 Å². The first kappa shape index (κ1) is 25.2. The molecule has 6 rings (SSSR count). The van der Waals surface area contributed by atoms with Crippen LogP contribution in [-0.4, -0.2) is 22.9 Å². The molecule has 4 heteroatoms. The van der Waals surface area contributed by atoms with Crippen LogP contribution in [0.5, 0.6) is 0 Å². The molecule has 1 heterocycles. The molecule has 0 aliphatic carbocycles. The summed E-state index contributed by atoms with van der Waals surface area (Å²) in [5, 5.41) is 6.98. The summed E-state index contributed by atoms with van der Waals surface area (Å²) < 4.78 is 0. The molecular weight excluding hydrogens is 486 g/mol. The lowest BCUT2D eigenvalue weighted by atomic mass is 9.95. The molecule has 5 aromatic carbocycles. The third-order valence-electron chi connectivity index (χ3n) is 6.89. The summed E-state index contributed by atoms with van der Waals surface area (Å²) >= 11 is 0. The molecule has 5 aromatic rings. The smallest absolute Gasteiger partial charge is 0.545 e. The van der Waals surface area contributed by atoms with Crippen LogP contribution in [0.4, 0.5) is 0 Å². The molecule has 38 heavy (non-hydrogen) atoms. The van der Waals surface area contributed by atoms with E-state index in [2.05, 4.69) is 162 Å². The van der Waals surface area contributed by atoms with E-state index in [0.717, 1.165) is 0 Å². The van der Waals surface area contributed by atoms with Gasteiger partial charge in [-0.05, 0) is 33.4 Å². The highest BCUT2D eigenvalue weighted by molar-refractivity contribution is 5.64. The minimum Gasteiger partial charge on any atom is -1.00 e. The van der Waals surface area contributed by atoms with E-state index in [1.54, 1.807) is 0 Å². The lowest BCUT2D eigenvalue weighted by Gasteiger charge is -2.26. The normalized spacial score (nSPS) is 13.2. The highest BCUT2D eigenvalue weighted by Gasteiger charge is 2.40. The summed E-state index contributed by atoms with van der Waals surface area (Å²) in [6, 6.07) is 51.2. The summed E-state index contributed by atoms with van der Waals surface area (Å²) in [6.07, 6.45) is 3.35. The van der Waals surface area contributed by atoms with Gasteiger partial charge in [0.05, 0.1) is 0 Å². The van der Waals surface area contributed by atoms with Crippen molar-refractivity contribution in [2.24, 2.45) is 5.10 Å². The van der Waals surface area contributed by atoms with E-state index in [4.69, 9.17) is 5.10 Å². The Kier molecular flexibility index (Phi) is 7.80. The molecule has 0 radical (unpaired) electrons. The molecule has 0 saturated carbocycles. The topological polar surface area (TPSA) is 18.8 Å². The number of rotatable bonds is 7. The zero-order valence-corrected chi connectivity index (χ0v) is 21.7. The number of hydrogen-bond acceptors (Lipinski definition) is 3. The minimum absolute atomic E-state index is 0. The molecule has 0 spiro atoms. The molecule has 3 nitrogen and oxygen atoms in total. The number of halogens is 1. The third kappa shape index (κ3) is 5.31. The molecule has 1 atom stereocenters. The van der Waals surface area contributed by atoms with Crippen molar-refractivity contribution in [1.29, 1.82) is 0 Å². The Hall–Kier alpha value is -4.43. The zero-order chi connectivity index (χ0) is 24.9. The van der Waals surface area contributed by atoms with E-state index >= 15 is 0 Å². The van der Waals surface area contributed by atoms with Crippen LogP contribution in [0.15, 0.2) is 151 Å². The minimum atomic E-state index is -0.0179. The number of hydrazone groups is 1. The Labute approximate surface area is 231 Å². The molecule has 0 saturated heterocycles. The maximum Gasteiger partial charge on any atom is 0.545 e. The van der Waals surface area contributed by atoms with Crippen molar-refractivity contribution >= 4 is 6.34 Å². The van der Waals surface area contributed by atoms with Crippen molar-refractivity contribution in [3.05, 3.63) is 168 Å². The van der Waals surface area contributed by atoms with E-state index in [9.17, 15) is 0 Å². The van der Waals surface area contributed by atoms with Crippen LogP contribution in [0.25, 0.3) is 11.1 Å². The van der Waals surface area contributed by atoms with E-state index in [1.807, 2.05) is 0 Å². The first-order chi connectivity index (χ1) is 18.4. The van der Waals surface area contributed by atoms with Gasteiger partial charge in [-0.2, -0.15) is 0 Å². The fourth-order valence-corrected chi connectivity index (χ4v) is 5.10. The Bertz CT molecular complexity index is 1400. The van der Waals surface area contributed by atoms with Crippen LogP contribution in [0.3, 0.4) is 0 Å². The van der Waals surface area contributed by atoms with E-state index in [1.165, 1.54) is 33.4 Å². The number of nitrogens with zero attached hydrogens (tertiary/aromatic N) is 3. The average Bonchev–Trinajstić information content (AvgIpc) is 3.45. The molecule has 0 bridgehead atoms. The number of benzene rings is 5. The second kappa shape index (κ2) is 11.7. The second-order valence-electron chi connectivity index (χ2n) is 9.28. The Balaban J connectivity index is 0.00000294. The molecular formula is C34H28ClN3. The van der Waals surface area contributed by atoms with Gasteiger partial charge in [-0.1, -0.05) is 146 Å². The van der Waals surface area contributed by atoms with E-state index in [-0.39, 0.29) is 24.5 Å². The van der Waals surface area contributed by atoms with Gasteiger partial charge in [0.15, 0.2) is 6.67 Å². The SMILES string of the molecule is [C+]1=NN(C(c2ccccc2)c2ccc(-c3ccccc3)cc2)CN1C(c1ccccc1)c1ccccc1.[Cl-]. The van der Waals surface area contributed by atoms with Crippen molar-refractivity contribution in [2.75, 3.05) is 6.67 Å². The molecule has 0 fully saturated rings. The molecule has 186 valence electrons. The predicted octanol–water partition coefficient (Wildman–Crippen LogP) is 4.63. The van der Waals surface area contributed by atoms with Crippen molar-refractivity contribution in [3.8, 4) is 11.1 Å². The molecule has 0 amide bonds. The lowest BCUT2D eigenvalue weighted by molar-refractivity contribution is -0.00000718. The summed E-state index contributed by atoms with van der Waals surface area (Å²) in [5.41, 5.74) is 7.29. The monoisotopic (exact) mass is 513 g/mol. The van der Waals surface area contributed by atoms with Crippen LogP contribution < -0.4 is 12.4 Å². The van der Waals surface area contributed by atoms with Crippen LogP contribution in [-0.2, 0) is 0 Å². The maximum absolute atomic E-state index is 4.83. The van der Waals surface area contributed by atoms with Gasteiger partial charge in [-0.3, -0.25) is 0 Å². The van der Waals surface area contributed by atoms with Gasteiger partial charge in [0.2, 0.25) is 0 Å². The van der Waals surface area contributed by atoms with Crippen molar-refractivity contribution in [3.63, 3.8) is 0 Å². The van der Waals surface area contributed by atoms with Gasteiger partial charge in [0.25, 0.3) is 0 Å². The maximum atomic E-state index is 4.83. The molecule has 0 N–H and O–H groups in total. The van der Waals surface area contributed by atoms with Gasteiger partial charge in [-0.25, -0.2) is 5.01 Å². The summed E-state index contributed by atoms with van der Waals surface area (Å²) in [7, 11) is 0. The van der Waals surface area contributed by atoms with Crippen molar-refractivity contribution < 1.29 is 12.4 Å². The summed E-state index contributed by atoms with van der Waals surface area (Å²) in [6.45, 7) is 0.633. The van der Waals surface area contributed by atoms with E-state index < -0.39 is 0 Å². The Morgan fingerprint density at radius 2 is 0.868 bits per heavy atom. The molecule has 1 aliphatic heterocycles.